The summed E-state index contributed by atoms with van der Waals surface area (Å²) in [6, 6.07) is 4.72. The van der Waals surface area contributed by atoms with Gasteiger partial charge in [-0.1, -0.05) is 32.8 Å². The number of rotatable bonds is 3. The molecule has 2 heterocycles. The van der Waals surface area contributed by atoms with Crippen LogP contribution >= 0.6 is 0 Å². The van der Waals surface area contributed by atoms with Gasteiger partial charge in [-0.3, -0.25) is 9.67 Å². The molecule has 0 aromatic carbocycles. The van der Waals surface area contributed by atoms with Crippen molar-refractivity contribution in [1.82, 2.24) is 14.8 Å². The van der Waals surface area contributed by atoms with E-state index in [-0.39, 0.29) is 11.5 Å². The summed E-state index contributed by atoms with van der Waals surface area (Å²) in [5.41, 5.74) is 7.39. The van der Waals surface area contributed by atoms with Gasteiger partial charge in [-0.15, -0.1) is 0 Å². The van der Waals surface area contributed by atoms with Crippen molar-refractivity contribution in [1.29, 1.82) is 5.26 Å². The summed E-state index contributed by atoms with van der Waals surface area (Å²) in [5, 5.41) is 14.5. The molecule has 1 saturated carbocycles. The fourth-order valence-corrected chi connectivity index (χ4v) is 5.30. The van der Waals surface area contributed by atoms with Gasteiger partial charge in [0.25, 0.3) is 0 Å². The van der Waals surface area contributed by atoms with Crippen molar-refractivity contribution in [3.05, 3.63) is 41.4 Å². The van der Waals surface area contributed by atoms with E-state index in [2.05, 4.69) is 47.9 Å². The quantitative estimate of drug-likeness (QED) is 0.802. The van der Waals surface area contributed by atoms with Gasteiger partial charge in [-0.25, -0.2) is 0 Å². The molecule has 3 aliphatic rings. The van der Waals surface area contributed by atoms with E-state index < -0.39 is 0 Å². The molecule has 0 spiro atoms. The van der Waals surface area contributed by atoms with Crippen LogP contribution in [0, 0.1) is 17.2 Å². The molecule has 4 nitrogen and oxygen atoms in total. The molecular formula is C22H24N4. The van der Waals surface area contributed by atoms with Crippen LogP contribution < -0.4 is 0 Å². The molecule has 0 saturated heterocycles. The van der Waals surface area contributed by atoms with Crippen LogP contribution in [0.25, 0.3) is 16.8 Å². The Morgan fingerprint density at radius 2 is 2.15 bits per heavy atom. The Balaban J connectivity index is 1.67. The average molecular weight is 344 g/mol. The average Bonchev–Trinajstić information content (AvgIpc) is 3.37. The molecule has 0 aliphatic heterocycles. The lowest BCUT2D eigenvalue weighted by Gasteiger charge is -2.32. The predicted octanol–water partition coefficient (Wildman–Crippen LogP) is 4.82. The highest BCUT2D eigenvalue weighted by molar-refractivity contribution is 5.94. The SMILES string of the molecule is CC1(C)C2=CCc3nccc(c32)-c2nn(C(CC#N)C3CCCC3)cc21. The standard InChI is InChI=1S/C22H24N4/c1-22(2)16-7-8-18-20(16)15(10-12-24-18)21-17(22)13-26(25-21)19(9-11-23)14-5-3-4-6-14/h7,10,12-14,19H,3-6,8-9H2,1-2H3. The van der Waals surface area contributed by atoms with Crippen LogP contribution in [0.1, 0.15) is 68.8 Å². The van der Waals surface area contributed by atoms with E-state index in [9.17, 15) is 5.26 Å². The Morgan fingerprint density at radius 1 is 1.35 bits per heavy atom. The molecule has 3 aliphatic carbocycles. The topological polar surface area (TPSA) is 54.5 Å². The van der Waals surface area contributed by atoms with Gasteiger partial charge in [-0.05, 0) is 30.4 Å². The van der Waals surface area contributed by atoms with Gasteiger partial charge in [0, 0.05) is 40.9 Å². The number of nitriles is 1. The molecule has 4 heteroatoms. The molecule has 0 bridgehead atoms. The van der Waals surface area contributed by atoms with Gasteiger partial charge >= 0.3 is 0 Å². The first kappa shape index (κ1) is 15.8. The number of aromatic nitrogens is 3. The van der Waals surface area contributed by atoms with E-state index in [1.165, 1.54) is 53.6 Å². The third-order valence-corrected chi connectivity index (χ3v) is 6.72. The molecule has 0 radical (unpaired) electrons. The Bertz CT molecular complexity index is 951. The molecule has 1 fully saturated rings. The van der Waals surface area contributed by atoms with Crippen LogP contribution in [-0.2, 0) is 11.8 Å². The third kappa shape index (κ3) is 2.06. The second kappa shape index (κ2) is 5.54. The van der Waals surface area contributed by atoms with Crippen molar-refractivity contribution in [3.8, 4) is 17.3 Å². The van der Waals surface area contributed by atoms with E-state index in [1.807, 2.05) is 6.20 Å². The minimum absolute atomic E-state index is 0.0677. The van der Waals surface area contributed by atoms with Crippen molar-refractivity contribution in [2.24, 2.45) is 5.92 Å². The molecule has 2 aromatic heterocycles. The van der Waals surface area contributed by atoms with Gasteiger partial charge in [-0.2, -0.15) is 10.4 Å². The highest BCUT2D eigenvalue weighted by Gasteiger charge is 2.41. The van der Waals surface area contributed by atoms with Gasteiger partial charge in [0.2, 0.25) is 0 Å². The molecule has 5 rings (SSSR count). The largest absolute Gasteiger partial charge is 0.267 e. The highest BCUT2D eigenvalue weighted by atomic mass is 15.3. The Kier molecular flexibility index (Phi) is 3.37. The number of nitrogens with zero attached hydrogens (tertiary/aromatic N) is 4. The minimum atomic E-state index is -0.0677. The highest BCUT2D eigenvalue weighted by Crippen LogP contribution is 2.53. The minimum Gasteiger partial charge on any atom is -0.267 e. The molecule has 0 N–H and O–H groups in total. The smallest absolute Gasteiger partial charge is 0.0971 e. The lowest BCUT2D eigenvalue weighted by atomic mass is 9.70. The van der Waals surface area contributed by atoms with Crippen molar-refractivity contribution in [2.75, 3.05) is 0 Å². The molecule has 0 amide bonds. The van der Waals surface area contributed by atoms with Gasteiger partial charge in [0.05, 0.1) is 29.9 Å². The Hall–Kier alpha value is -2.41. The number of pyridine rings is 1. The second-order valence-corrected chi connectivity index (χ2v) is 8.47. The maximum absolute atomic E-state index is 9.40. The molecule has 2 aromatic rings. The van der Waals surface area contributed by atoms with Crippen molar-refractivity contribution in [2.45, 2.75) is 63.8 Å². The van der Waals surface area contributed by atoms with Gasteiger partial charge in [0.1, 0.15) is 0 Å². The number of fused-ring (bicyclic) bond motifs is 2. The number of hydrogen-bond acceptors (Lipinski definition) is 3. The summed E-state index contributed by atoms with van der Waals surface area (Å²) >= 11 is 0. The number of hydrogen-bond donors (Lipinski definition) is 0. The third-order valence-electron chi connectivity index (χ3n) is 6.72. The van der Waals surface area contributed by atoms with Crippen molar-refractivity contribution < 1.29 is 0 Å². The van der Waals surface area contributed by atoms with E-state index in [4.69, 9.17) is 5.10 Å². The van der Waals surface area contributed by atoms with E-state index in [0.717, 1.165) is 12.1 Å². The molecular weight excluding hydrogens is 320 g/mol. The first-order chi connectivity index (χ1) is 12.6. The Morgan fingerprint density at radius 3 is 2.92 bits per heavy atom. The fraction of sp³-hybridized carbons (Fsp3) is 0.500. The zero-order valence-corrected chi connectivity index (χ0v) is 15.5. The van der Waals surface area contributed by atoms with E-state index >= 15 is 0 Å². The zero-order valence-electron chi connectivity index (χ0n) is 15.5. The maximum Gasteiger partial charge on any atom is 0.0971 e. The predicted molar refractivity (Wildman–Crippen MR) is 101 cm³/mol. The van der Waals surface area contributed by atoms with Gasteiger partial charge < -0.3 is 0 Å². The molecule has 26 heavy (non-hydrogen) atoms. The van der Waals surface area contributed by atoms with Gasteiger partial charge in [0.15, 0.2) is 0 Å². The summed E-state index contributed by atoms with van der Waals surface area (Å²) < 4.78 is 2.13. The summed E-state index contributed by atoms with van der Waals surface area (Å²) in [6.45, 7) is 4.59. The summed E-state index contributed by atoms with van der Waals surface area (Å²) in [5.74, 6) is 0.578. The van der Waals surface area contributed by atoms with Crippen LogP contribution in [0.2, 0.25) is 0 Å². The Labute approximate surface area is 154 Å². The normalized spacial score (nSPS) is 21.0. The molecule has 1 unspecified atom stereocenters. The van der Waals surface area contributed by atoms with Crippen molar-refractivity contribution >= 4 is 5.57 Å². The summed E-state index contributed by atoms with van der Waals surface area (Å²) in [4.78, 5) is 4.60. The van der Waals surface area contributed by atoms with Crippen LogP contribution in [0.3, 0.4) is 0 Å². The van der Waals surface area contributed by atoms with E-state index in [1.54, 1.807) is 0 Å². The molecule has 1 atom stereocenters. The first-order valence-corrected chi connectivity index (χ1v) is 9.77. The molecule has 132 valence electrons. The van der Waals surface area contributed by atoms with Crippen LogP contribution in [0.4, 0.5) is 0 Å². The van der Waals surface area contributed by atoms with E-state index in [0.29, 0.717) is 12.3 Å². The second-order valence-electron chi connectivity index (χ2n) is 8.47. The zero-order chi connectivity index (χ0) is 17.9. The van der Waals surface area contributed by atoms with Crippen molar-refractivity contribution in [3.63, 3.8) is 0 Å². The summed E-state index contributed by atoms with van der Waals surface area (Å²) in [7, 11) is 0. The van der Waals surface area contributed by atoms with Crippen LogP contribution in [0.15, 0.2) is 24.5 Å². The lowest BCUT2D eigenvalue weighted by molar-refractivity contribution is 0.315. The lowest BCUT2D eigenvalue weighted by Crippen LogP contribution is -2.23. The maximum atomic E-state index is 9.40. The van der Waals surface area contributed by atoms with Crippen LogP contribution in [0.5, 0.6) is 0 Å². The monoisotopic (exact) mass is 344 g/mol. The fourth-order valence-electron chi connectivity index (χ4n) is 5.30. The summed E-state index contributed by atoms with van der Waals surface area (Å²) in [6.07, 6.45) is 13.0. The van der Waals surface area contributed by atoms with Crippen LogP contribution in [-0.4, -0.2) is 14.8 Å². The first-order valence-electron chi connectivity index (χ1n) is 9.77. The number of allylic oxidation sites excluding steroid dienone is 2.